The number of nitrogens with zero attached hydrogens (tertiary/aromatic N) is 1. The molecule has 0 saturated heterocycles. The molecule has 0 aliphatic carbocycles. The lowest BCUT2D eigenvalue weighted by Crippen LogP contribution is -2.04. The molecule has 0 radical (unpaired) electrons. The Labute approximate surface area is 144 Å². The van der Waals surface area contributed by atoms with Gasteiger partial charge in [0, 0.05) is 6.21 Å². The van der Waals surface area contributed by atoms with Gasteiger partial charge in [-0.05, 0) is 28.8 Å². The lowest BCUT2D eigenvalue weighted by atomic mass is 9.99. The molecule has 3 aromatic rings. The Hall–Kier alpha value is -2.88. The van der Waals surface area contributed by atoms with E-state index in [4.69, 9.17) is 0 Å². The maximum Gasteiger partial charge on any atom is 0.416 e. The van der Waals surface area contributed by atoms with Crippen LogP contribution in [0.1, 0.15) is 28.3 Å². The van der Waals surface area contributed by atoms with Crippen molar-refractivity contribution < 1.29 is 13.2 Å². The fourth-order valence-electron chi connectivity index (χ4n) is 2.55. The second-order valence-corrected chi connectivity index (χ2v) is 5.62. The molecule has 126 valence electrons. The van der Waals surface area contributed by atoms with E-state index >= 15 is 0 Å². The lowest BCUT2D eigenvalue weighted by Gasteiger charge is -2.13. The highest BCUT2D eigenvalue weighted by atomic mass is 19.4. The van der Waals surface area contributed by atoms with E-state index in [0.29, 0.717) is 5.56 Å². The highest BCUT2D eigenvalue weighted by molar-refractivity contribution is 5.80. The molecule has 0 aliphatic rings. The van der Waals surface area contributed by atoms with Crippen molar-refractivity contribution in [3.8, 4) is 0 Å². The van der Waals surface area contributed by atoms with Crippen molar-refractivity contribution in [1.29, 1.82) is 0 Å². The molecule has 0 amide bonds. The third-order valence-electron chi connectivity index (χ3n) is 3.84. The summed E-state index contributed by atoms with van der Waals surface area (Å²) in [7, 11) is 0. The van der Waals surface area contributed by atoms with Crippen molar-refractivity contribution in [3.05, 3.63) is 107 Å². The van der Waals surface area contributed by atoms with Crippen LogP contribution < -0.4 is 0 Å². The Balaban J connectivity index is 1.89. The molecule has 0 aliphatic heterocycles. The fourth-order valence-corrected chi connectivity index (χ4v) is 2.55. The molecule has 1 nitrogen and oxygen atoms in total. The van der Waals surface area contributed by atoms with E-state index in [0.717, 1.165) is 23.3 Å². The van der Waals surface area contributed by atoms with E-state index in [1.807, 2.05) is 60.7 Å². The van der Waals surface area contributed by atoms with Crippen LogP contribution in [0.25, 0.3) is 0 Å². The first-order valence-corrected chi connectivity index (χ1v) is 7.84. The molecule has 0 saturated carbocycles. The van der Waals surface area contributed by atoms with Crippen LogP contribution in [0.5, 0.6) is 0 Å². The SMILES string of the molecule is FC(F)(F)c1ccc(C=NC(c2ccccc2)c2ccccc2)cc1. The summed E-state index contributed by atoms with van der Waals surface area (Å²) in [5, 5.41) is 0. The van der Waals surface area contributed by atoms with Crippen LogP contribution in [-0.4, -0.2) is 6.21 Å². The number of hydrogen-bond donors (Lipinski definition) is 0. The average Bonchev–Trinajstić information content (AvgIpc) is 2.63. The number of aliphatic imine (C=N–C) groups is 1. The first-order chi connectivity index (χ1) is 12.0. The molecule has 0 heterocycles. The molecular formula is C21H16F3N. The Morgan fingerprint density at radius 3 is 1.60 bits per heavy atom. The van der Waals surface area contributed by atoms with Crippen LogP contribution in [0.2, 0.25) is 0 Å². The Kier molecular flexibility index (Phi) is 4.98. The number of rotatable bonds is 4. The molecule has 25 heavy (non-hydrogen) atoms. The summed E-state index contributed by atoms with van der Waals surface area (Å²) in [5.74, 6) is 0. The van der Waals surface area contributed by atoms with Crippen molar-refractivity contribution in [3.63, 3.8) is 0 Å². The maximum absolute atomic E-state index is 12.6. The van der Waals surface area contributed by atoms with E-state index in [9.17, 15) is 13.2 Å². The molecule has 0 bridgehead atoms. The average molecular weight is 339 g/mol. The summed E-state index contributed by atoms with van der Waals surface area (Å²) in [6, 6.07) is 24.4. The molecule has 0 N–H and O–H groups in total. The van der Waals surface area contributed by atoms with Gasteiger partial charge in [0.05, 0.1) is 11.6 Å². The topological polar surface area (TPSA) is 12.4 Å². The zero-order valence-electron chi connectivity index (χ0n) is 13.3. The second kappa shape index (κ2) is 7.34. The third kappa shape index (κ3) is 4.35. The van der Waals surface area contributed by atoms with Gasteiger partial charge >= 0.3 is 6.18 Å². The Bertz CT molecular complexity index is 783. The normalized spacial score (nSPS) is 12.0. The first-order valence-electron chi connectivity index (χ1n) is 7.84. The quantitative estimate of drug-likeness (QED) is 0.524. The van der Waals surface area contributed by atoms with Gasteiger partial charge in [-0.3, -0.25) is 4.99 Å². The van der Waals surface area contributed by atoms with Crippen molar-refractivity contribution in [2.45, 2.75) is 12.2 Å². The van der Waals surface area contributed by atoms with E-state index in [1.165, 1.54) is 12.1 Å². The van der Waals surface area contributed by atoms with Gasteiger partial charge in [0.25, 0.3) is 0 Å². The van der Waals surface area contributed by atoms with Crippen LogP contribution >= 0.6 is 0 Å². The molecule has 0 fully saturated rings. The highest BCUT2D eigenvalue weighted by Gasteiger charge is 2.29. The molecular weight excluding hydrogens is 323 g/mol. The van der Waals surface area contributed by atoms with Gasteiger partial charge in [-0.1, -0.05) is 72.8 Å². The molecule has 0 aromatic heterocycles. The predicted molar refractivity (Wildman–Crippen MR) is 93.8 cm³/mol. The minimum atomic E-state index is -4.33. The van der Waals surface area contributed by atoms with Gasteiger partial charge in [-0.15, -0.1) is 0 Å². The minimum absolute atomic E-state index is 0.204. The zero-order valence-corrected chi connectivity index (χ0v) is 13.3. The molecule has 3 aromatic carbocycles. The van der Waals surface area contributed by atoms with Gasteiger partial charge in [0.15, 0.2) is 0 Å². The van der Waals surface area contributed by atoms with Crippen LogP contribution in [0, 0.1) is 0 Å². The van der Waals surface area contributed by atoms with Crippen LogP contribution in [0.15, 0.2) is 89.9 Å². The number of halogens is 3. The van der Waals surface area contributed by atoms with E-state index in [2.05, 4.69) is 4.99 Å². The van der Waals surface area contributed by atoms with Gasteiger partial charge in [0.2, 0.25) is 0 Å². The number of hydrogen-bond acceptors (Lipinski definition) is 1. The monoisotopic (exact) mass is 339 g/mol. The maximum atomic E-state index is 12.6. The highest BCUT2D eigenvalue weighted by Crippen LogP contribution is 2.29. The van der Waals surface area contributed by atoms with Crippen LogP contribution in [-0.2, 0) is 6.18 Å². The van der Waals surface area contributed by atoms with E-state index in [1.54, 1.807) is 6.21 Å². The molecule has 0 spiro atoms. The fraction of sp³-hybridized carbons (Fsp3) is 0.0952. The third-order valence-corrected chi connectivity index (χ3v) is 3.84. The molecule has 4 heteroatoms. The summed E-state index contributed by atoms with van der Waals surface area (Å²) < 4.78 is 37.9. The lowest BCUT2D eigenvalue weighted by molar-refractivity contribution is -0.137. The van der Waals surface area contributed by atoms with Crippen molar-refractivity contribution >= 4 is 6.21 Å². The summed E-state index contributed by atoms with van der Waals surface area (Å²) >= 11 is 0. The standard InChI is InChI=1S/C21H16F3N/c22-21(23,24)19-13-11-16(12-14-19)15-25-20(17-7-3-1-4-8-17)18-9-5-2-6-10-18/h1-15,20H. The minimum Gasteiger partial charge on any atom is -0.280 e. The Morgan fingerprint density at radius 1 is 0.680 bits per heavy atom. The van der Waals surface area contributed by atoms with Crippen LogP contribution in [0.3, 0.4) is 0 Å². The van der Waals surface area contributed by atoms with E-state index < -0.39 is 11.7 Å². The molecule has 0 atom stereocenters. The van der Waals surface area contributed by atoms with Gasteiger partial charge < -0.3 is 0 Å². The molecule has 3 rings (SSSR count). The summed E-state index contributed by atoms with van der Waals surface area (Å²) in [5.41, 5.74) is 2.02. The second-order valence-electron chi connectivity index (χ2n) is 5.62. The van der Waals surface area contributed by atoms with Crippen LogP contribution in [0.4, 0.5) is 13.2 Å². The summed E-state index contributed by atoms with van der Waals surface area (Å²) in [6.07, 6.45) is -2.71. The number of alkyl halides is 3. The van der Waals surface area contributed by atoms with Crippen molar-refractivity contribution in [2.75, 3.05) is 0 Å². The van der Waals surface area contributed by atoms with Gasteiger partial charge in [0.1, 0.15) is 0 Å². The summed E-state index contributed by atoms with van der Waals surface area (Å²) in [6.45, 7) is 0. The smallest absolute Gasteiger partial charge is 0.280 e. The van der Waals surface area contributed by atoms with Gasteiger partial charge in [-0.25, -0.2) is 0 Å². The largest absolute Gasteiger partial charge is 0.416 e. The van der Waals surface area contributed by atoms with Gasteiger partial charge in [-0.2, -0.15) is 13.2 Å². The van der Waals surface area contributed by atoms with E-state index in [-0.39, 0.29) is 6.04 Å². The zero-order chi connectivity index (χ0) is 17.7. The van der Waals surface area contributed by atoms with Crippen molar-refractivity contribution in [2.24, 2.45) is 4.99 Å². The predicted octanol–water partition coefficient (Wildman–Crippen LogP) is 5.91. The summed E-state index contributed by atoms with van der Waals surface area (Å²) in [4.78, 5) is 4.62. The Morgan fingerprint density at radius 2 is 1.16 bits per heavy atom. The molecule has 0 unspecified atom stereocenters. The first kappa shape index (κ1) is 17.0. The van der Waals surface area contributed by atoms with Crippen molar-refractivity contribution in [1.82, 2.24) is 0 Å². The number of benzene rings is 3.